The molecule has 0 aliphatic carbocycles. The average Bonchev–Trinajstić information content (AvgIpc) is 2.65. The van der Waals surface area contributed by atoms with E-state index in [9.17, 15) is 21.5 Å². The Hall–Kier alpha value is -0.730. The van der Waals surface area contributed by atoms with Crippen molar-refractivity contribution in [3.8, 4) is 0 Å². The zero-order chi connectivity index (χ0) is 14.4. The van der Waals surface area contributed by atoms with Crippen molar-refractivity contribution in [1.82, 2.24) is 0 Å². The smallest absolute Gasteiger partial charge is 0.307 e. The normalized spacial score (nSPS) is 20.1. The topological polar surface area (TPSA) is 54.5 Å². The lowest BCUT2D eigenvalue weighted by Gasteiger charge is -2.18. The third kappa shape index (κ3) is 2.90. The molecule has 1 atom stereocenters. The van der Waals surface area contributed by atoms with Crippen molar-refractivity contribution in [1.29, 1.82) is 0 Å². The molecule has 0 bridgehead atoms. The number of nitrogens with zero attached hydrogens (tertiary/aromatic N) is 1. The van der Waals surface area contributed by atoms with Gasteiger partial charge in [-0.3, -0.25) is 4.79 Å². The van der Waals surface area contributed by atoms with Gasteiger partial charge >= 0.3 is 10.2 Å². The number of halogens is 4. The number of benzene rings is 1. The molecule has 1 amide bonds. The molecule has 2 rings (SSSR count). The molecule has 1 heterocycles. The Labute approximate surface area is 121 Å². The summed E-state index contributed by atoms with van der Waals surface area (Å²) in [6.07, 6.45) is -0.479. The van der Waals surface area contributed by atoms with Gasteiger partial charge < -0.3 is 4.90 Å². The van der Waals surface area contributed by atoms with E-state index >= 15 is 0 Å². The van der Waals surface area contributed by atoms with Crippen molar-refractivity contribution in [2.45, 2.75) is 11.7 Å². The third-order valence-electron chi connectivity index (χ3n) is 2.77. The second kappa shape index (κ2) is 4.99. The second-order valence-electron chi connectivity index (χ2n) is 4.02. The van der Waals surface area contributed by atoms with Crippen molar-refractivity contribution in [3.05, 3.63) is 27.4 Å². The van der Waals surface area contributed by atoms with Crippen LogP contribution in [0.25, 0.3) is 0 Å². The lowest BCUT2D eigenvalue weighted by Crippen LogP contribution is -2.27. The van der Waals surface area contributed by atoms with Crippen LogP contribution in [0.3, 0.4) is 0 Å². The summed E-state index contributed by atoms with van der Waals surface area (Å²) >= 11 is 8.80. The van der Waals surface area contributed by atoms with E-state index in [0.29, 0.717) is 0 Å². The quantitative estimate of drug-likeness (QED) is 0.591. The molecule has 1 unspecified atom stereocenters. The molecule has 1 aliphatic heterocycles. The lowest BCUT2D eigenvalue weighted by molar-refractivity contribution is -0.117. The molecule has 1 saturated heterocycles. The van der Waals surface area contributed by atoms with Crippen molar-refractivity contribution in [2.75, 3.05) is 11.4 Å². The predicted molar refractivity (Wildman–Crippen MR) is 69.9 cm³/mol. The maximum absolute atomic E-state index is 13.4. The summed E-state index contributed by atoms with van der Waals surface area (Å²) in [5.41, 5.74) is 0.0264. The summed E-state index contributed by atoms with van der Waals surface area (Å²) in [6.45, 7) is -0.377. The molecule has 1 aromatic carbocycles. The fourth-order valence-corrected chi connectivity index (χ4v) is 3.22. The van der Waals surface area contributed by atoms with Gasteiger partial charge in [0.15, 0.2) is 0 Å². The van der Waals surface area contributed by atoms with Crippen LogP contribution in [-0.4, -0.2) is 26.1 Å². The molecule has 9 heteroatoms. The van der Waals surface area contributed by atoms with Gasteiger partial charge in [0.05, 0.1) is 15.2 Å². The lowest BCUT2D eigenvalue weighted by atomic mass is 10.3. The monoisotopic (exact) mass is 373 g/mol. The minimum Gasteiger partial charge on any atom is -0.309 e. The molecule has 104 valence electrons. The van der Waals surface area contributed by atoms with E-state index in [4.69, 9.17) is 11.6 Å². The van der Waals surface area contributed by atoms with Gasteiger partial charge in [-0.2, -0.15) is 8.42 Å². The third-order valence-corrected chi connectivity index (χ3v) is 4.79. The standard InChI is InChI=1S/C10H7BrClF2NO3S/c11-6-2-7(12)9(3-8(6)13)15-4-5(1-10(15)16)19(14,17)18/h2-3,5H,1,4H2. The number of hydrogen-bond acceptors (Lipinski definition) is 3. The Morgan fingerprint density at radius 3 is 2.58 bits per heavy atom. The van der Waals surface area contributed by atoms with Gasteiger partial charge in [0.2, 0.25) is 5.91 Å². The van der Waals surface area contributed by atoms with Gasteiger partial charge in [-0.25, -0.2) is 4.39 Å². The molecule has 1 aliphatic rings. The van der Waals surface area contributed by atoms with Gasteiger partial charge in [-0.1, -0.05) is 11.6 Å². The Balaban J connectivity index is 2.39. The fraction of sp³-hybridized carbons (Fsp3) is 0.300. The molecular weight excluding hydrogens is 368 g/mol. The zero-order valence-corrected chi connectivity index (χ0v) is 12.4. The average molecular weight is 375 g/mol. The van der Waals surface area contributed by atoms with Crippen LogP contribution in [0.15, 0.2) is 16.6 Å². The minimum absolute atomic E-state index is 0.0264. The van der Waals surface area contributed by atoms with Crippen LogP contribution < -0.4 is 4.90 Å². The van der Waals surface area contributed by atoms with Gasteiger partial charge in [0, 0.05) is 19.0 Å². The van der Waals surface area contributed by atoms with Crippen LogP contribution in [0.5, 0.6) is 0 Å². The molecule has 0 radical (unpaired) electrons. The summed E-state index contributed by atoms with van der Waals surface area (Å²) in [6, 6.07) is 2.24. The molecule has 0 spiro atoms. The van der Waals surface area contributed by atoms with Crippen molar-refractivity contribution < 1.29 is 21.5 Å². The Bertz CT molecular complexity index is 652. The number of amides is 1. The van der Waals surface area contributed by atoms with Crippen LogP contribution in [0.2, 0.25) is 5.02 Å². The Morgan fingerprint density at radius 1 is 1.42 bits per heavy atom. The highest BCUT2D eigenvalue weighted by atomic mass is 79.9. The van der Waals surface area contributed by atoms with Crippen molar-refractivity contribution in [2.24, 2.45) is 0 Å². The first kappa shape index (κ1) is 14.7. The van der Waals surface area contributed by atoms with Gasteiger partial charge in [-0.15, -0.1) is 3.89 Å². The second-order valence-corrected chi connectivity index (χ2v) is 6.90. The number of hydrogen-bond donors (Lipinski definition) is 0. The predicted octanol–water partition coefficient (Wildman–Crippen LogP) is 2.65. The summed E-state index contributed by atoms with van der Waals surface area (Å²) < 4.78 is 48.0. The van der Waals surface area contributed by atoms with E-state index in [2.05, 4.69) is 15.9 Å². The van der Waals surface area contributed by atoms with Crippen LogP contribution in [0.1, 0.15) is 6.42 Å². The SMILES string of the molecule is O=C1CC(S(=O)(=O)F)CN1c1cc(F)c(Br)cc1Cl. The van der Waals surface area contributed by atoms with Crippen LogP contribution in [0.4, 0.5) is 14.0 Å². The Kier molecular flexibility index (Phi) is 3.85. The first-order valence-electron chi connectivity index (χ1n) is 5.08. The van der Waals surface area contributed by atoms with Crippen LogP contribution in [0, 0.1) is 5.82 Å². The minimum atomic E-state index is -4.82. The van der Waals surface area contributed by atoms with E-state index in [1.165, 1.54) is 6.07 Å². The summed E-state index contributed by atoms with van der Waals surface area (Å²) in [4.78, 5) is 12.7. The van der Waals surface area contributed by atoms with Crippen molar-refractivity contribution in [3.63, 3.8) is 0 Å². The highest BCUT2D eigenvalue weighted by molar-refractivity contribution is 9.10. The van der Waals surface area contributed by atoms with E-state index < -0.39 is 33.6 Å². The molecule has 1 fully saturated rings. The largest absolute Gasteiger partial charge is 0.309 e. The highest BCUT2D eigenvalue weighted by Crippen LogP contribution is 2.34. The highest BCUT2D eigenvalue weighted by Gasteiger charge is 2.39. The molecular formula is C10H7BrClF2NO3S. The summed E-state index contributed by atoms with van der Waals surface area (Å²) in [5.74, 6) is -1.27. The van der Waals surface area contributed by atoms with Crippen LogP contribution in [-0.2, 0) is 15.0 Å². The maximum atomic E-state index is 13.4. The van der Waals surface area contributed by atoms with Crippen LogP contribution >= 0.6 is 27.5 Å². The fourth-order valence-electron chi connectivity index (χ4n) is 1.82. The maximum Gasteiger partial charge on any atom is 0.307 e. The first-order valence-corrected chi connectivity index (χ1v) is 7.70. The number of carbonyl (C=O) groups excluding carboxylic acids is 1. The summed E-state index contributed by atoms with van der Waals surface area (Å²) in [7, 11) is -4.82. The van der Waals surface area contributed by atoms with Gasteiger partial charge in [0.25, 0.3) is 0 Å². The molecule has 0 N–H and O–H groups in total. The van der Waals surface area contributed by atoms with E-state index in [1.54, 1.807) is 0 Å². The molecule has 0 aromatic heterocycles. The number of carbonyl (C=O) groups is 1. The van der Waals surface area contributed by atoms with Crippen molar-refractivity contribution >= 4 is 49.3 Å². The van der Waals surface area contributed by atoms with E-state index in [-0.39, 0.29) is 21.7 Å². The van der Waals surface area contributed by atoms with E-state index in [0.717, 1.165) is 11.0 Å². The molecule has 0 saturated carbocycles. The first-order chi connectivity index (χ1) is 8.70. The van der Waals surface area contributed by atoms with E-state index in [1.807, 2.05) is 0 Å². The number of rotatable bonds is 2. The molecule has 19 heavy (non-hydrogen) atoms. The molecule has 1 aromatic rings. The summed E-state index contributed by atoms with van der Waals surface area (Å²) in [5, 5.41) is -1.37. The number of anilines is 1. The zero-order valence-electron chi connectivity index (χ0n) is 9.24. The Morgan fingerprint density at radius 2 is 2.05 bits per heavy atom. The molecule has 4 nitrogen and oxygen atoms in total. The van der Waals surface area contributed by atoms with Gasteiger partial charge in [-0.05, 0) is 22.0 Å². The van der Waals surface area contributed by atoms with Gasteiger partial charge in [0.1, 0.15) is 11.1 Å².